The highest BCUT2D eigenvalue weighted by Gasteiger charge is 2.27. The van der Waals surface area contributed by atoms with Crippen LogP contribution in [0.25, 0.3) is 0 Å². The zero-order chi connectivity index (χ0) is 18.7. The summed E-state index contributed by atoms with van der Waals surface area (Å²) in [6, 6.07) is 11.0. The fraction of sp³-hybridized carbons (Fsp3) is 0.450. The van der Waals surface area contributed by atoms with Gasteiger partial charge in [-0.1, -0.05) is 18.2 Å². The van der Waals surface area contributed by atoms with Gasteiger partial charge in [-0.15, -0.1) is 0 Å². The summed E-state index contributed by atoms with van der Waals surface area (Å²) < 4.78 is 1.79. The van der Waals surface area contributed by atoms with Crippen LogP contribution in [0.4, 0.5) is 0 Å². The first-order valence-electron chi connectivity index (χ1n) is 9.13. The summed E-state index contributed by atoms with van der Waals surface area (Å²) in [7, 11) is 0. The van der Waals surface area contributed by atoms with Gasteiger partial charge in [-0.2, -0.15) is 5.10 Å². The Morgan fingerprint density at radius 2 is 1.65 bits per heavy atom. The van der Waals surface area contributed by atoms with E-state index in [4.69, 9.17) is 0 Å². The predicted molar refractivity (Wildman–Crippen MR) is 100.0 cm³/mol. The van der Waals surface area contributed by atoms with E-state index in [1.54, 1.807) is 4.68 Å². The van der Waals surface area contributed by atoms with E-state index in [1.165, 1.54) is 0 Å². The van der Waals surface area contributed by atoms with Crippen LogP contribution in [0.5, 0.6) is 0 Å². The fourth-order valence-corrected chi connectivity index (χ4v) is 3.51. The van der Waals surface area contributed by atoms with Gasteiger partial charge in [0.25, 0.3) is 5.91 Å². The molecule has 1 aliphatic rings. The Morgan fingerprint density at radius 1 is 1.00 bits per heavy atom. The first-order chi connectivity index (χ1) is 12.5. The molecule has 0 N–H and O–H groups in total. The van der Waals surface area contributed by atoms with Gasteiger partial charge in [-0.05, 0) is 45.4 Å². The summed E-state index contributed by atoms with van der Waals surface area (Å²) in [4.78, 5) is 29.3. The SMILES string of the molecule is Cc1cc(C)n(C(C)C(=O)N2CCCN(C(=O)c3ccccc3)CC2)n1. The van der Waals surface area contributed by atoms with Crippen LogP contribution in [-0.4, -0.2) is 57.6 Å². The summed E-state index contributed by atoms with van der Waals surface area (Å²) in [5, 5.41) is 4.44. The minimum atomic E-state index is -0.333. The molecule has 1 atom stereocenters. The number of nitrogens with zero attached hydrogens (tertiary/aromatic N) is 4. The maximum atomic E-state index is 12.9. The second kappa shape index (κ2) is 7.72. The van der Waals surface area contributed by atoms with E-state index in [0.717, 1.165) is 17.8 Å². The van der Waals surface area contributed by atoms with Gasteiger partial charge < -0.3 is 9.80 Å². The number of aryl methyl sites for hydroxylation is 2. The van der Waals surface area contributed by atoms with Crippen molar-refractivity contribution in [3.8, 4) is 0 Å². The smallest absolute Gasteiger partial charge is 0.253 e. The lowest BCUT2D eigenvalue weighted by molar-refractivity contribution is -0.134. The van der Waals surface area contributed by atoms with E-state index in [2.05, 4.69) is 5.10 Å². The Kier molecular flexibility index (Phi) is 5.40. The van der Waals surface area contributed by atoms with E-state index in [9.17, 15) is 9.59 Å². The number of hydrogen-bond donors (Lipinski definition) is 0. The van der Waals surface area contributed by atoms with Crippen molar-refractivity contribution >= 4 is 11.8 Å². The van der Waals surface area contributed by atoms with Gasteiger partial charge in [0.2, 0.25) is 5.91 Å². The van der Waals surface area contributed by atoms with Crippen molar-refractivity contribution in [3.05, 3.63) is 53.3 Å². The van der Waals surface area contributed by atoms with E-state index >= 15 is 0 Å². The maximum Gasteiger partial charge on any atom is 0.253 e. The molecule has 0 saturated carbocycles. The van der Waals surface area contributed by atoms with Crippen LogP contribution in [0, 0.1) is 13.8 Å². The van der Waals surface area contributed by atoms with Crippen LogP contribution in [0.15, 0.2) is 36.4 Å². The van der Waals surface area contributed by atoms with Crippen LogP contribution >= 0.6 is 0 Å². The highest BCUT2D eigenvalue weighted by atomic mass is 16.2. The molecule has 1 aromatic heterocycles. The lowest BCUT2D eigenvalue weighted by Gasteiger charge is -2.25. The Bertz CT molecular complexity index is 784. The number of benzene rings is 1. The average Bonchev–Trinajstić information content (AvgIpc) is 2.85. The van der Waals surface area contributed by atoms with Crippen molar-refractivity contribution in [2.75, 3.05) is 26.2 Å². The molecule has 2 heterocycles. The van der Waals surface area contributed by atoms with Crippen LogP contribution < -0.4 is 0 Å². The summed E-state index contributed by atoms with van der Waals surface area (Å²) in [6.45, 7) is 8.24. The minimum absolute atomic E-state index is 0.0338. The number of rotatable bonds is 3. The van der Waals surface area contributed by atoms with Gasteiger partial charge >= 0.3 is 0 Å². The van der Waals surface area contributed by atoms with Crippen molar-refractivity contribution in [1.29, 1.82) is 0 Å². The van der Waals surface area contributed by atoms with Crippen molar-refractivity contribution in [2.24, 2.45) is 0 Å². The largest absolute Gasteiger partial charge is 0.339 e. The van der Waals surface area contributed by atoms with E-state index in [1.807, 2.05) is 67.0 Å². The number of hydrogen-bond acceptors (Lipinski definition) is 3. The zero-order valence-corrected chi connectivity index (χ0v) is 15.7. The molecule has 1 unspecified atom stereocenters. The predicted octanol–water partition coefficient (Wildman–Crippen LogP) is 2.44. The van der Waals surface area contributed by atoms with E-state index < -0.39 is 0 Å². The van der Waals surface area contributed by atoms with E-state index in [0.29, 0.717) is 31.7 Å². The van der Waals surface area contributed by atoms with Crippen molar-refractivity contribution in [3.63, 3.8) is 0 Å². The molecule has 1 saturated heterocycles. The normalized spacial score (nSPS) is 16.3. The molecule has 26 heavy (non-hydrogen) atoms. The highest BCUT2D eigenvalue weighted by molar-refractivity contribution is 5.94. The first-order valence-corrected chi connectivity index (χ1v) is 9.13. The molecule has 138 valence electrons. The number of carbonyl (C=O) groups excluding carboxylic acids is 2. The zero-order valence-electron chi connectivity index (χ0n) is 15.7. The molecule has 1 aromatic carbocycles. The monoisotopic (exact) mass is 354 g/mol. The summed E-state index contributed by atoms with van der Waals surface area (Å²) in [6.07, 6.45) is 0.786. The highest BCUT2D eigenvalue weighted by Crippen LogP contribution is 2.16. The second-order valence-electron chi connectivity index (χ2n) is 6.88. The molecule has 1 fully saturated rings. The van der Waals surface area contributed by atoms with Gasteiger partial charge in [-0.25, -0.2) is 0 Å². The third kappa shape index (κ3) is 3.79. The molecule has 3 rings (SSSR count). The van der Waals surface area contributed by atoms with Crippen molar-refractivity contribution in [1.82, 2.24) is 19.6 Å². The Hall–Kier alpha value is -2.63. The van der Waals surface area contributed by atoms with Gasteiger partial charge in [0.05, 0.1) is 5.69 Å². The molecular formula is C20H26N4O2. The molecule has 0 radical (unpaired) electrons. The third-order valence-electron chi connectivity index (χ3n) is 4.88. The number of aromatic nitrogens is 2. The van der Waals surface area contributed by atoms with Crippen LogP contribution in [0.3, 0.4) is 0 Å². The van der Waals surface area contributed by atoms with Gasteiger partial charge in [0.1, 0.15) is 6.04 Å². The fourth-order valence-electron chi connectivity index (χ4n) is 3.51. The molecule has 0 aliphatic carbocycles. The van der Waals surface area contributed by atoms with Gasteiger partial charge in [-0.3, -0.25) is 14.3 Å². The summed E-state index contributed by atoms with van der Waals surface area (Å²) in [5.74, 6) is 0.0942. The molecular weight excluding hydrogens is 328 g/mol. The molecule has 2 amide bonds. The standard InChI is InChI=1S/C20H26N4O2/c1-15-14-16(2)24(21-15)17(3)19(25)22-10-7-11-23(13-12-22)20(26)18-8-5-4-6-9-18/h4-6,8-9,14,17H,7,10-13H2,1-3H3. The lowest BCUT2D eigenvalue weighted by atomic mass is 10.2. The van der Waals surface area contributed by atoms with Crippen LogP contribution in [0.2, 0.25) is 0 Å². The van der Waals surface area contributed by atoms with Crippen molar-refractivity contribution in [2.45, 2.75) is 33.2 Å². The third-order valence-corrected chi connectivity index (χ3v) is 4.88. The molecule has 6 heteroatoms. The first kappa shape index (κ1) is 18.2. The van der Waals surface area contributed by atoms with E-state index in [-0.39, 0.29) is 17.9 Å². The Morgan fingerprint density at radius 3 is 2.31 bits per heavy atom. The second-order valence-corrected chi connectivity index (χ2v) is 6.88. The Labute approximate surface area is 154 Å². The number of carbonyl (C=O) groups is 2. The molecule has 1 aliphatic heterocycles. The van der Waals surface area contributed by atoms with Gasteiger partial charge in [0.15, 0.2) is 0 Å². The maximum absolute atomic E-state index is 12.9. The quantitative estimate of drug-likeness (QED) is 0.851. The summed E-state index contributed by atoms with van der Waals surface area (Å²) in [5.41, 5.74) is 2.60. The van der Waals surface area contributed by atoms with Crippen molar-refractivity contribution < 1.29 is 9.59 Å². The minimum Gasteiger partial charge on any atom is -0.339 e. The molecule has 2 aromatic rings. The molecule has 0 spiro atoms. The summed E-state index contributed by atoms with van der Waals surface area (Å²) >= 11 is 0. The molecule has 6 nitrogen and oxygen atoms in total. The molecule has 0 bridgehead atoms. The van der Waals surface area contributed by atoms with Crippen LogP contribution in [-0.2, 0) is 4.79 Å². The van der Waals surface area contributed by atoms with Gasteiger partial charge in [0, 0.05) is 37.4 Å². The number of amides is 2. The average molecular weight is 354 g/mol. The Balaban J connectivity index is 1.65. The lowest BCUT2D eigenvalue weighted by Crippen LogP contribution is -2.40. The van der Waals surface area contributed by atoms with Crippen LogP contribution in [0.1, 0.15) is 41.1 Å². The topological polar surface area (TPSA) is 58.4 Å².